The molecule has 1 N–H and O–H groups in total. The number of nitrogens with one attached hydrogen (secondary N) is 1. The smallest absolute Gasteiger partial charge is 0.410 e. The average molecular weight is 481 g/mol. The molecule has 10 heteroatoms. The van der Waals surface area contributed by atoms with E-state index in [0.29, 0.717) is 49.6 Å². The summed E-state index contributed by atoms with van der Waals surface area (Å²) >= 11 is 0. The zero-order valence-electron chi connectivity index (χ0n) is 20.1. The van der Waals surface area contributed by atoms with Crippen molar-refractivity contribution in [2.75, 3.05) is 25.0 Å². The Hall–Kier alpha value is -3.69. The maximum atomic E-state index is 13.5. The van der Waals surface area contributed by atoms with Crippen LogP contribution in [0.4, 0.5) is 15.1 Å². The first-order valence-corrected chi connectivity index (χ1v) is 11.8. The van der Waals surface area contributed by atoms with Crippen LogP contribution in [0.15, 0.2) is 36.5 Å². The molecule has 1 aromatic carbocycles. The molecule has 0 aliphatic carbocycles. The van der Waals surface area contributed by atoms with Gasteiger partial charge in [-0.05, 0) is 63.9 Å². The van der Waals surface area contributed by atoms with Crippen LogP contribution in [0.1, 0.15) is 33.6 Å². The number of aromatic nitrogens is 4. The third-order valence-electron chi connectivity index (χ3n) is 5.97. The lowest BCUT2D eigenvalue weighted by molar-refractivity contribution is 0.0210. The molecular formula is C25H29FN6O3. The van der Waals surface area contributed by atoms with Gasteiger partial charge >= 0.3 is 6.09 Å². The monoisotopic (exact) mass is 480 g/mol. The van der Waals surface area contributed by atoms with Crippen molar-refractivity contribution in [2.24, 2.45) is 0 Å². The summed E-state index contributed by atoms with van der Waals surface area (Å²) in [6.45, 7) is 8.02. The molecule has 1 fully saturated rings. The predicted octanol–water partition coefficient (Wildman–Crippen LogP) is 4.35. The van der Waals surface area contributed by atoms with Crippen molar-refractivity contribution in [1.29, 1.82) is 0 Å². The standard InChI is InChI=1S/C25H29FN6O3/c1-25(2,3)35-24(33)31-12-9-18(10-13-31)28-22-27-11-8-19(29-22)21-20(16-4-6-17(26)7-5-16)30-23-32(21)14-15-34-23/h4-8,11,18H,9-10,12-15H2,1-3H3,(H,27,28,29). The summed E-state index contributed by atoms with van der Waals surface area (Å²) in [6, 6.07) is 8.75. The fraction of sp³-hybridized carbons (Fsp3) is 0.440. The van der Waals surface area contributed by atoms with Gasteiger partial charge in [0, 0.05) is 30.9 Å². The molecule has 0 bridgehead atoms. The zero-order valence-corrected chi connectivity index (χ0v) is 20.1. The van der Waals surface area contributed by atoms with Crippen molar-refractivity contribution in [2.45, 2.75) is 51.8 Å². The van der Waals surface area contributed by atoms with Gasteiger partial charge in [-0.3, -0.25) is 4.57 Å². The van der Waals surface area contributed by atoms with Crippen molar-refractivity contribution < 1.29 is 18.7 Å². The number of piperidine rings is 1. The number of ether oxygens (including phenoxy) is 2. The number of amides is 1. The minimum Gasteiger partial charge on any atom is -0.463 e. The summed E-state index contributed by atoms with van der Waals surface area (Å²) in [7, 11) is 0. The summed E-state index contributed by atoms with van der Waals surface area (Å²) in [5, 5.41) is 3.41. The number of anilines is 1. The molecule has 35 heavy (non-hydrogen) atoms. The van der Waals surface area contributed by atoms with E-state index < -0.39 is 5.60 Å². The van der Waals surface area contributed by atoms with E-state index >= 15 is 0 Å². The predicted molar refractivity (Wildman–Crippen MR) is 129 cm³/mol. The molecule has 9 nitrogen and oxygen atoms in total. The molecule has 3 aromatic rings. The van der Waals surface area contributed by atoms with Crippen LogP contribution in [0.2, 0.25) is 0 Å². The molecular weight excluding hydrogens is 451 g/mol. The number of hydrogen-bond acceptors (Lipinski definition) is 7. The summed E-state index contributed by atoms with van der Waals surface area (Å²) < 4.78 is 26.6. The maximum Gasteiger partial charge on any atom is 0.410 e. The molecule has 5 rings (SSSR count). The number of fused-ring (bicyclic) bond motifs is 1. The molecule has 2 aliphatic heterocycles. The van der Waals surface area contributed by atoms with Crippen LogP contribution in [0.25, 0.3) is 22.6 Å². The van der Waals surface area contributed by atoms with Crippen molar-refractivity contribution in [1.82, 2.24) is 24.4 Å². The molecule has 4 heterocycles. The third-order valence-corrected chi connectivity index (χ3v) is 5.97. The van der Waals surface area contributed by atoms with Crippen LogP contribution in [0.3, 0.4) is 0 Å². The van der Waals surface area contributed by atoms with E-state index in [2.05, 4.69) is 15.3 Å². The number of rotatable bonds is 4. The quantitative estimate of drug-likeness (QED) is 0.593. The normalized spacial score (nSPS) is 16.1. The van der Waals surface area contributed by atoms with Crippen LogP contribution >= 0.6 is 0 Å². The second-order valence-electron chi connectivity index (χ2n) is 9.75. The Morgan fingerprint density at radius 2 is 1.86 bits per heavy atom. The highest BCUT2D eigenvalue weighted by atomic mass is 19.1. The van der Waals surface area contributed by atoms with E-state index in [1.807, 2.05) is 31.4 Å². The maximum absolute atomic E-state index is 13.5. The second-order valence-corrected chi connectivity index (χ2v) is 9.75. The number of halogens is 1. The van der Waals surface area contributed by atoms with Gasteiger partial charge in [0.05, 0.1) is 17.9 Å². The molecule has 1 saturated heterocycles. The van der Waals surface area contributed by atoms with Crippen molar-refractivity contribution in [3.05, 3.63) is 42.3 Å². The largest absolute Gasteiger partial charge is 0.463 e. The molecule has 0 saturated carbocycles. The van der Waals surface area contributed by atoms with Crippen LogP contribution < -0.4 is 10.1 Å². The van der Waals surface area contributed by atoms with Crippen LogP contribution in [-0.4, -0.2) is 61.9 Å². The summed E-state index contributed by atoms with van der Waals surface area (Å²) in [6.07, 6.45) is 2.97. The molecule has 2 aromatic heterocycles. The number of benzene rings is 1. The number of nitrogens with zero attached hydrogens (tertiary/aromatic N) is 5. The lowest BCUT2D eigenvalue weighted by atomic mass is 10.1. The molecule has 2 aliphatic rings. The van der Waals surface area contributed by atoms with Crippen molar-refractivity contribution in [3.8, 4) is 28.7 Å². The van der Waals surface area contributed by atoms with Gasteiger partial charge in [0.25, 0.3) is 6.01 Å². The zero-order chi connectivity index (χ0) is 24.6. The molecule has 0 spiro atoms. The topological polar surface area (TPSA) is 94.4 Å². The minimum absolute atomic E-state index is 0.139. The van der Waals surface area contributed by atoms with Crippen LogP contribution in [-0.2, 0) is 11.3 Å². The van der Waals surface area contributed by atoms with Crippen molar-refractivity contribution in [3.63, 3.8) is 0 Å². The van der Waals surface area contributed by atoms with Gasteiger partial charge < -0.3 is 19.7 Å². The van der Waals surface area contributed by atoms with Gasteiger partial charge in [0.2, 0.25) is 5.95 Å². The second kappa shape index (κ2) is 9.16. The Labute approximate surface area is 203 Å². The van der Waals surface area contributed by atoms with E-state index in [4.69, 9.17) is 14.5 Å². The Morgan fingerprint density at radius 1 is 1.11 bits per heavy atom. The number of carbonyl (C=O) groups is 1. The number of hydrogen-bond donors (Lipinski definition) is 1. The fourth-order valence-electron chi connectivity index (χ4n) is 4.32. The van der Waals surface area contributed by atoms with E-state index in [1.165, 1.54) is 12.1 Å². The molecule has 184 valence electrons. The van der Waals surface area contributed by atoms with E-state index in [9.17, 15) is 9.18 Å². The first-order valence-electron chi connectivity index (χ1n) is 11.8. The lowest BCUT2D eigenvalue weighted by Gasteiger charge is -2.33. The molecule has 0 atom stereocenters. The highest BCUT2D eigenvalue weighted by molar-refractivity contribution is 5.78. The van der Waals surface area contributed by atoms with E-state index in [-0.39, 0.29) is 18.0 Å². The average Bonchev–Trinajstić information content (AvgIpc) is 3.40. The summed E-state index contributed by atoms with van der Waals surface area (Å²) in [4.78, 5) is 27.9. The SMILES string of the molecule is CC(C)(C)OC(=O)N1CCC(Nc2nccc(-c3c(-c4ccc(F)cc4)nc4n3CCO4)n2)CC1. The minimum atomic E-state index is -0.508. The summed E-state index contributed by atoms with van der Waals surface area (Å²) in [5.74, 6) is 0.210. The lowest BCUT2D eigenvalue weighted by Crippen LogP contribution is -2.44. The molecule has 1 amide bonds. The van der Waals surface area contributed by atoms with Gasteiger partial charge in [-0.25, -0.2) is 19.2 Å². The molecule has 0 radical (unpaired) electrons. The van der Waals surface area contributed by atoms with E-state index in [0.717, 1.165) is 24.1 Å². The number of imidazole rings is 1. The highest BCUT2D eigenvalue weighted by Gasteiger charge is 2.28. The van der Waals surface area contributed by atoms with Crippen molar-refractivity contribution >= 4 is 12.0 Å². The highest BCUT2D eigenvalue weighted by Crippen LogP contribution is 2.36. The van der Waals surface area contributed by atoms with E-state index in [1.54, 1.807) is 23.2 Å². The van der Waals surface area contributed by atoms with Crippen LogP contribution in [0, 0.1) is 5.82 Å². The first-order chi connectivity index (χ1) is 16.8. The number of likely N-dealkylation sites (tertiary alicyclic amines) is 1. The Kier molecular flexibility index (Phi) is 6.04. The molecule has 0 unspecified atom stereocenters. The first kappa shape index (κ1) is 23.1. The number of carbonyl (C=O) groups excluding carboxylic acids is 1. The van der Waals surface area contributed by atoms with Gasteiger partial charge in [-0.15, -0.1) is 0 Å². The van der Waals surface area contributed by atoms with Gasteiger partial charge in [-0.2, -0.15) is 4.98 Å². The Bertz CT molecular complexity index is 1210. The summed E-state index contributed by atoms with van der Waals surface area (Å²) in [5.41, 5.74) is 2.49. The third kappa shape index (κ3) is 5.06. The van der Waals surface area contributed by atoms with Gasteiger partial charge in [0.15, 0.2) is 0 Å². The Morgan fingerprint density at radius 3 is 2.57 bits per heavy atom. The van der Waals surface area contributed by atoms with Gasteiger partial charge in [0.1, 0.15) is 23.7 Å². The van der Waals surface area contributed by atoms with Crippen LogP contribution in [0.5, 0.6) is 6.01 Å². The fourth-order valence-corrected chi connectivity index (χ4v) is 4.32. The van der Waals surface area contributed by atoms with Gasteiger partial charge in [-0.1, -0.05) is 0 Å². The Balaban J connectivity index is 1.33.